The van der Waals surface area contributed by atoms with Crippen LogP contribution in [-0.4, -0.2) is 40.9 Å². The number of aliphatic imine (C=N–C) groups is 1. The molecular weight excluding hydrogens is 282 g/mol. The first-order chi connectivity index (χ1) is 10.5. The van der Waals surface area contributed by atoms with Crippen molar-refractivity contribution in [2.45, 2.75) is 20.4 Å². The molecule has 0 spiro atoms. The largest absolute Gasteiger partial charge is 0.493 e. The average molecular weight is 309 g/mol. The van der Waals surface area contributed by atoms with Gasteiger partial charge in [0.05, 0.1) is 21.3 Å². The van der Waals surface area contributed by atoms with Crippen LogP contribution in [0.5, 0.6) is 17.2 Å². The quantitative estimate of drug-likeness (QED) is 0.596. The molecule has 0 heterocycles. The summed E-state index contributed by atoms with van der Waals surface area (Å²) in [4.78, 5) is 4.20. The van der Waals surface area contributed by atoms with Gasteiger partial charge in [-0.2, -0.15) is 0 Å². The Hall–Kier alpha value is -2.11. The van der Waals surface area contributed by atoms with Crippen molar-refractivity contribution in [3.8, 4) is 17.2 Å². The second kappa shape index (κ2) is 9.02. The lowest BCUT2D eigenvalue weighted by molar-refractivity contribution is 0.323. The van der Waals surface area contributed by atoms with Crippen molar-refractivity contribution in [1.29, 1.82) is 0 Å². The van der Waals surface area contributed by atoms with Gasteiger partial charge in [0.25, 0.3) is 0 Å². The van der Waals surface area contributed by atoms with Crippen LogP contribution in [-0.2, 0) is 6.54 Å². The van der Waals surface area contributed by atoms with E-state index in [-0.39, 0.29) is 0 Å². The maximum atomic E-state index is 5.35. The third kappa shape index (κ3) is 5.02. The summed E-state index contributed by atoms with van der Waals surface area (Å²) >= 11 is 0. The van der Waals surface area contributed by atoms with E-state index in [9.17, 15) is 0 Å². The molecule has 0 fully saturated rings. The molecule has 22 heavy (non-hydrogen) atoms. The molecule has 1 aromatic rings. The van der Waals surface area contributed by atoms with Gasteiger partial charge in [-0.25, -0.2) is 0 Å². The first kappa shape index (κ1) is 17.9. The van der Waals surface area contributed by atoms with Crippen molar-refractivity contribution in [1.82, 2.24) is 10.6 Å². The highest BCUT2D eigenvalue weighted by atomic mass is 16.5. The zero-order valence-electron chi connectivity index (χ0n) is 14.3. The summed E-state index contributed by atoms with van der Waals surface area (Å²) in [5.74, 6) is 3.20. The van der Waals surface area contributed by atoms with E-state index in [2.05, 4.69) is 29.5 Å². The van der Waals surface area contributed by atoms with Crippen LogP contribution in [0.2, 0.25) is 0 Å². The normalized spacial score (nSPS) is 11.3. The molecule has 0 saturated carbocycles. The fourth-order valence-corrected chi connectivity index (χ4v) is 1.94. The van der Waals surface area contributed by atoms with Gasteiger partial charge in [-0.15, -0.1) is 0 Å². The SMILES string of the molecule is CN=C(NCc1cc(OC)c(OC)c(OC)c1)NCC(C)C. The van der Waals surface area contributed by atoms with Crippen LogP contribution in [0.3, 0.4) is 0 Å². The minimum atomic E-state index is 0.555. The Labute approximate surface area is 132 Å². The van der Waals surface area contributed by atoms with Crippen molar-refractivity contribution in [3.05, 3.63) is 17.7 Å². The van der Waals surface area contributed by atoms with Crippen molar-refractivity contribution in [2.24, 2.45) is 10.9 Å². The van der Waals surface area contributed by atoms with Crippen molar-refractivity contribution in [3.63, 3.8) is 0 Å². The zero-order chi connectivity index (χ0) is 16.5. The van der Waals surface area contributed by atoms with Gasteiger partial charge in [0.15, 0.2) is 17.5 Å². The van der Waals surface area contributed by atoms with E-state index < -0.39 is 0 Å². The van der Waals surface area contributed by atoms with Gasteiger partial charge in [0.2, 0.25) is 5.75 Å². The van der Waals surface area contributed by atoms with Crippen LogP contribution in [0.15, 0.2) is 17.1 Å². The van der Waals surface area contributed by atoms with E-state index in [1.165, 1.54) is 0 Å². The number of hydrogen-bond donors (Lipinski definition) is 2. The molecular formula is C16H27N3O3. The molecule has 1 aromatic carbocycles. The van der Waals surface area contributed by atoms with E-state index in [0.29, 0.717) is 29.7 Å². The average Bonchev–Trinajstić information content (AvgIpc) is 2.53. The third-order valence-corrected chi connectivity index (χ3v) is 3.09. The van der Waals surface area contributed by atoms with Crippen LogP contribution in [0.25, 0.3) is 0 Å². The van der Waals surface area contributed by atoms with Gasteiger partial charge in [0.1, 0.15) is 0 Å². The molecule has 124 valence electrons. The van der Waals surface area contributed by atoms with E-state index in [1.54, 1.807) is 28.4 Å². The predicted molar refractivity (Wildman–Crippen MR) is 89.1 cm³/mol. The molecule has 0 unspecified atom stereocenters. The first-order valence-corrected chi connectivity index (χ1v) is 7.29. The molecule has 0 bridgehead atoms. The molecule has 6 nitrogen and oxygen atoms in total. The van der Waals surface area contributed by atoms with Gasteiger partial charge >= 0.3 is 0 Å². The highest BCUT2D eigenvalue weighted by molar-refractivity contribution is 5.79. The highest BCUT2D eigenvalue weighted by Gasteiger charge is 2.13. The van der Waals surface area contributed by atoms with E-state index in [0.717, 1.165) is 18.1 Å². The van der Waals surface area contributed by atoms with Crippen LogP contribution in [0, 0.1) is 5.92 Å². The molecule has 0 aliphatic heterocycles. The van der Waals surface area contributed by atoms with Gasteiger partial charge in [-0.3, -0.25) is 4.99 Å². The van der Waals surface area contributed by atoms with E-state index >= 15 is 0 Å². The Balaban J connectivity index is 2.81. The Kier molecular flexibility index (Phi) is 7.36. The lowest BCUT2D eigenvalue weighted by atomic mass is 10.2. The maximum Gasteiger partial charge on any atom is 0.203 e. The molecule has 0 radical (unpaired) electrons. The molecule has 0 amide bonds. The molecule has 0 saturated heterocycles. The van der Waals surface area contributed by atoms with Crippen molar-refractivity contribution < 1.29 is 14.2 Å². The smallest absolute Gasteiger partial charge is 0.203 e. The molecule has 0 aliphatic carbocycles. The number of nitrogens with zero attached hydrogens (tertiary/aromatic N) is 1. The Morgan fingerprint density at radius 3 is 2.05 bits per heavy atom. The molecule has 0 atom stereocenters. The summed E-state index contributed by atoms with van der Waals surface area (Å²) < 4.78 is 16.0. The number of nitrogens with one attached hydrogen (secondary N) is 2. The number of ether oxygens (including phenoxy) is 3. The number of guanidine groups is 1. The summed E-state index contributed by atoms with van der Waals surface area (Å²) in [6.07, 6.45) is 0. The van der Waals surface area contributed by atoms with Crippen LogP contribution >= 0.6 is 0 Å². The monoisotopic (exact) mass is 309 g/mol. The van der Waals surface area contributed by atoms with E-state index in [4.69, 9.17) is 14.2 Å². The third-order valence-electron chi connectivity index (χ3n) is 3.09. The first-order valence-electron chi connectivity index (χ1n) is 7.29. The minimum absolute atomic E-state index is 0.555. The number of methoxy groups -OCH3 is 3. The molecule has 0 aromatic heterocycles. The van der Waals surface area contributed by atoms with Gasteiger partial charge in [0, 0.05) is 20.1 Å². The molecule has 2 N–H and O–H groups in total. The number of benzene rings is 1. The van der Waals surface area contributed by atoms with Crippen LogP contribution in [0.4, 0.5) is 0 Å². The number of rotatable bonds is 7. The lowest BCUT2D eigenvalue weighted by Crippen LogP contribution is -2.38. The van der Waals surface area contributed by atoms with E-state index in [1.807, 2.05) is 12.1 Å². The van der Waals surface area contributed by atoms with Crippen LogP contribution in [0.1, 0.15) is 19.4 Å². The van der Waals surface area contributed by atoms with Gasteiger partial charge in [-0.05, 0) is 23.6 Å². The highest BCUT2D eigenvalue weighted by Crippen LogP contribution is 2.38. The lowest BCUT2D eigenvalue weighted by Gasteiger charge is -2.16. The minimum Gasteiger partial charge on any atom is -0.493 e. The topological polar surface area (TPSA) is 64.1 Å². The maximum absolute atomic E-state index is 5.35. The summed E-state index contributed by atoms with van der Waals surface area (Å²) in [7, 11) is 6.57. The summed E-state index contributed by atoms with van der Waals surface area (Å²) in [6, 6.07) is 3.84. The standard InChI is InChI=1S/C16H27N3O3/c1-11(2)9-18-16(17-3)19-10-12-7-13(20-4)15(22-6)14(8-12)21-5/h7-8,11H,9-10H2,1-6H3,(H2,17,18,19). The fourth-order valence-electron chi connectivity index (χ4n) is 1.94. The second-order valence-electron chi connectivity index (χ2n) is 5.23. The summed E-state index contributed by atoms with van der Waals surface area (Å²) in [6.45, 7) is 5.78. The summed E-state index contributed by atoms with van der Waals surface area (Å²) in [5, 5.41) is 6.54. The van der Waals surface area contributed by atoms with Gasteiger partial charge < -0.3 is 24.8 Å². The Morgan fingerprint density at radius 2 is 1.64 bits per heavy atom. The summed E-state index contributed by atoms with van der Waals surface area (Å²) in [5.41, 5.74) is 1.02. The molecule has 6 heteroatoms. The van der Waals surface area contributed by atoms with Crippen molar-refractivity contribution >= 4 is 5.96 Å². The Morgan fingerprint density at radius 1 is 1.05 bits per heavy atom. The second-order valence-corrected chi connectivity index (χ2v) is 5.23. The predicted octanol–water partition coefficient (Wildman–Crippen LogP) is 2.03. The molecule has 1 rings (SSSR count). The fraction of sp³-hybridized carbons (Fsp3) is 0.562. The zero-order valence-corrected chi connectivity index (χ0v) is 14.3. The van der Waals surface area contributed by atoms with Crippen molar-refractivity contribution in [2.75, 3.05) is 34.9 Å². The molecule has 0 aliphatic rings. The Bertz CT molecular complexity index is 476. The number of hydrogen-bond acceptors (Lipinski definition) is 4. The van der Waals surface area contributed by atoms with Crippen LogP contribution < -0.4 is 24.8 Å². The van der Waals surface area contributed by atoms with Gasteiger partial charge in [-0.1, -0.05) is 13.8 Å².